The number of hydrogen-bond acceptors (Lipinski definition) is 6. The minimum Gasteiger partial charge on any atom is -0.490 e. The first-order chi connectivity index (χ1) is 17.4. The van der Waals surface area contributed by atoms with Crippen molar-refractivity contribution in [2.45, 2.75) is 32.8 Å². The summed E-state index contributed by atoms with van der Waals surface area (Å²) in [6.07, 6.45) is 4.69. The zero-order valence-electron chi connectivity index (χ0n) is 19.8. The molecule has 190 valence electrons. The molecular weight excluding hydrogens is 706 g/mol. The molecular formula is C26H26I2N2O5S. The van der Waals surface area contributed by atoms with Crippen molar-refractivity contribution >= 4 is 80.1 Å². The fraction of sp³-hybridized carbons (Fsp3) is 0.346. The number of piperidine rings is 1. The zero-order valence-corrected chi connectivity index (χ0v) is 24.9. The minimum absolute atomic E-state index is 0.180. The number of imide groups is 1. The summed E-state index contributed by atoms with van der Waals surface area (Å²) >= 11 is 5.31. The van der Waals surface area contributed by atoms with Crippen LogP contribution in [0.25, 0.3) is 6.08 Å². The quantitative estimate of drug-likeness (QED) is 0.248. The highest BCUT2D eigenvalue weighted by Gasteiger charge is 2.37. The van der Waals surface area contributed by atoms with Gasteiger partial charge >= 0.3 is 0 Å². The molecule has 2 aliphatic rings. The van der Waals surface area contributed by atoms with E-state index in [1.165, 1.54) is 0 Å². The lowest BCUT2D eigenvalue weighted by Gasteiger charge is -2.27. The number of nitrogens with zero attached hydrogens (tertiary/aromatic N) is 2. The van der Waals surface area contributed by atoms with Gasteiger partial charge in [0.05, 0.1) is 15.1 Å². The van der Waals surface area contributed by atoms with Crippen LogP contribution < -0.4 is 9.47 Å². The highest BCUT2D eigenvalue weighted by molar-refractivity contribution is 14.1. The Morgan fingerprint density at radius 2 is 1.78 bits per heavy atom. The van der Waals surface area contributed by atoms with Crippen LogP contribution in [0.3, 0.4) is 0 Å². The third-order valence-corrected chi connectivity index (χ3v) is 8.23. The normalized spacial score (nSPS) is 17.1. The third-order valence-electron chi connectivity index (χ3n) is 5.80. The summed E-state index contributed by atoms with van der Waals surface area (Å²) in [6.45, 7) is 3.90. The van der Waals surface area contributed by atoms with Gasteiger partial charge < -0.3 is 14.4 Å². The van der Waals surface area contributed by atoms with Gasteiger partial charge in [0.15, 0.2) is 11.5 Å². The predicted octanol–water partition coefficient (Wildman–Crippen LogP) is 5.92. The van der Waals surface area contributed by atoms with E-state index in [4.69, 9.17) is 9.47 Å². The van der Waals surface area contributed by atoms with Crippen molar-refractivity contribution in [1.82, 2.24) is 9.80 Å². The molecule has 10 heteroatoms. The van der Waals surface area contributed by atoms with Crippen molar-refractivity contribution in [3.63, 3.8) is 0 Å². The maximum absolute atomic E-state index is 13.0. The molecule has 0 bridgehead atoms. The Labute approximate surface area is 242 Å². The molecule has 0 aliphatic carbocycles. The van der Waals surface area contributed by atoms with Gasteiger partial charge in [0.2, 0.25) is 5.91 Å². The molecule has 2 aromatic rings. The topological polar surface area (TPSA) is 76.2 Å². The number of halogens is 2. The van der Waals surface area contributed by atoms with Gasteiger partial charge in [0.25, 0.3) is 11.1 Å². The second-order valence-corrected chi connectivity index (χ2v) is 11.8. The Morgan fingerprint density at radius 3 is 2.47 bits per heavy atom. The van der Waals surface area contributed by atoms with Crippen molar-refractivity contribution in [1.29, 1.82) is 0 Å². The maximum Gasteiger partial charge on any atom is 0.294 e. The van der Waals surface area contributed by atoms with E-state index in [9.17, 15) is 14.4 Å². The number of carbonyl (C=O) groups excluding carboxylic acids is 3. The Morgan fingerprint density at radius 1 is 1.06 bits per heavy atom. The Hall–Kier alpha value is -1.80. The molecule has 7 nitrogen and oxygen atoms in total. The van der Waals surface area contributed by atoms with Crippen molar-refractivity contribution in [2.75, 3.05) is 26.2 Å². The molecule has 0 saturated carbocycles. The average molecular weight is 732 g/mol. The van der Waals surface area contributed by atoms with Gasteiger partial charge in [0, 0.05) is 16.7 Å². The molecule has 2 saturated heterocycles. The molecule has 0 aromatic heterocycles. The van der Waals surface area contributed by atoms with Crippen molar-refractivity contribution in [2.24, 2.45) is 0 Å². The second kappa shape index (κ2) is 12.6. The number of benzene rings is 2. The van der Waals surface area contributed by atoms with Gasteiger partial charge in [-0.05, 0) is 125 Å². The van der Waals surface area contributed by atoms with Crippen LogP contribution in [0, 0.1) is 7.14 Å². The Balaban J connectivity index is 1.50. The van der Waals surface area contributed by atoms with Crippen molar-refractivity contribution in [3.05, 3.63) is 59.6 Å². The van der Waals surface area contributed by atoms with E-state index >= 15 is 0 Å². The van der Waals surface area contributed by atoms with Gasteiger partial charge in [-0.15, -0.1) is 0 Å². The van der Waals surface area contributed by atoms with Crippen LogP contribution in [0.1, 0.15) is 37.3 Å². The van der Waals surface area contributed by atoms with Crippen LogP contribution in [0.2, 0.25) is 0 Å². The van der Waals surface area contributed by atoms with E-state index in [0.717, 1.165) is 54.2 Å². The molecule has 2 heterocycles. The summed E-state index contributed by atoms with van der Waals surface area (Å²) in [5, 5.41) is -0.422. The molecule has 3 amide bonds. The molecule has 0 unspecified atom stereocenters. The van der Waals surface area contributed by atoms with E-state index in [1.54, 1.807) is 11.0 Å². The molecule has 4 rings (SSSR count). The van der Waals surface area contributed by atoms with Gasteiger partial charge in [-0.25, -0.2) is 0 Å². The molecule has 2 fully saturated rings. The van der Waals surface area contributed by atoms with E-state index in [2.05, 4.69) is 45.2 Å². The number of carbonyl (C=O) groups is 3. The summed E-state index contributed by atoms with van der Waals surface area (Å²) in [5.74, 6) is 0.581. The van der Waals surface area contributed by atoms with Crippen molar-refractivity contribution < 1.29 is 23.9 Å². The Bertz CT molecular complexity index is 1180. The molecule has 0 atom stereocenters. The van der Waals surface area contributed by atoms with E-state index < -0.39 is 11.1 Å². The Kier molecular flexibility index (Phi) is 9.56. The van der Waals surface area contributed by atoms with E-state index in [0.29, 0.717) is 37.8 Å². The monoisotopic (exact) mass is 732 g/mol. The largest absolute Gasteiger partial charge is 0.490 e. The van der Waals surface area contributed by atoms with Gasteiger partial charge in [0.1, 0.15) is 13.2 Å². The number of ether oxygens (including phenoxy) is 2. The fourth-order valence-corrected chi connectivity index (χ4v) is 5.96. The number of rotatable bonds is 8. The second-order valence-electron chi connectivity index (χ2n) is 8.39. The van der Waals surface area contributed by atoms with Crippen LogP contribution in [0.4, 0.5) is 4.79 Å². The highest BCUT2D eigenvalue weighted by atomic mass is 127. The van der Waals surface area contributed by atoms with Crippen LogP contribution in [0.15, 0.2) is 41.3 Å². The first-order valence-corrected chi connectivity index (χ1v) is 14.7. The SMILES string of the molecule is CCOc1cc(/C=C2\SC(=O)N(CC(=O)N3CCCCC3)C2=O)cc(I)c1OCc1ccc(I)cc1. The fourth-order valence-electron chi connectivity index (χ4n) is 3.98. The lowest BCUT2D eigenvalue weighted by Crippen LogP contribution is -2.44. The first-order valence-electron chi connectivity index (χ1n) is 11.7. The summed E-state index contributed by atoms with van der Waals surface area (Å²) in [7, 11) is 0. The lowest BCUT2D eigenvalue weighted by molar-refractivity contribution is -0.136. The van der Waals surface area contributed by atoms with Crippen LogP contribution >= 0.6 is 56.9 Å². The standard InChI is InChI=1S/C26H26I2N2O5S/c1-2-34-21-13-18(12-20(28)24(21)35-16-17-6-8-19(27)9-7-17)14-22-25(32)30(26(33)36-22)15-23(31)29-10-4-3-5-11-29/h6-9,12-14H,2-5,10-11,15-16H2,1H3/b22-14-. The van der Waals surface area contributed by atoms with E-state index in [-0.39, 0.29) is 17.4 Å². The summed E-state index contributed by atoms with van der Waals surface area (Å²) in [4.78, 5) is 41.2. The highest BCUT2D eigenvalue weighted by Crippen LogP contribution is 2.38. The van der Waals surface area contributed by atoms with Crippen LogP contribution in [-0.4, -0.2) is 53.1 Å². The third kappa shape index (κ3) is 6.74. The predicted molar refractivity (Wildman–Crippen MR) is 157 cm³/mol. The maximum atomic E-state index is 13.0. The minimum atomic E-state index is -0.442. The molecule has 0 spiro atoms. The first kappa shape index (κ1) is 27.2. The number of amides is 3. The summed E-state index contributed by atoms with van der Waals surface area (Å²) in [5.41, 5.74) is 1.77. The number of thioether (sulfide) groups is 1. The zero-order chi connectivity index (χ0) is 25.7. The molecule has 2 aliphatic heterocycles. The average Bonchev–Trinajstić information content (AvgIpc) is 3.12. The lowest BCUT2D eigenvalue weighted by atomic mass is 10.1. The van der Waals surface area contributed by atoms with Crippen LogP contribution in [0.5, 0.6) is 11.5 Å². The molecule has 2 aromatic carbocycles. The molecule has 0 N–H and O–H groups in total. The van der Waals surface area contributed by atoms with Gasteiger partial charge in [-0.3, -0.25) is 19.3 Å². The smallest absolute Gasteiger partial charge is 0.294 e. The number of likely N-dealkylation sites (tertiary alicyclic amines) is 1. The van der Waals surface area contributed by atoms with Crippen molar-refractivity contribution in [3.8, 4) is 11.5 Å². The summed E-state index contributed by atoms with van der Waals surface area (Å²) in [6, 6.07) is 11.8. The van der Waals surface area contributed by atoms with Gasteiger partial charge in [-0.2, -0.15) is 0 Å². The number of hydrogen-bond donors (Lipinski definition) is 0. The van der Waals surface area contributed by atoms with Crippen LogP contribution in [-0.2, 0) is 16.2 Å². The van der Waals surface area contributed by atoms with Gasteiger partial charge in [-0.1, -0.05) is 12.1 Å². The van der Waals surface area contributed by atoms with E-state index in [1.807, 2.05) is 43.3 Å². The molecule has 0 radical (unpaired) electrons. The summed E-state index contributed by atoms with van der Waals surface area (Å²) < 4.78 is 13.9. The molecule has 36 heavy (non-hydrogen) atoms.